The van der Waals surface area contributed by atoms with Crippen molar-refractivity contribution in [3.05, 3.63) is 39.2 Å². The molecule has 2 aromatic rings. The molecule has 1 saturated heterocycles. The van der Waals surface area contributed by atoms with Crippen molar-refractivity contribution in [2.45, 2.75) is 20.8 Å². The van der Waals surface area contributed by atoms with Gasteiger partial charge in [-0.3, -0.25) is 9.59 Å². The molecule has 1 aromatic carbocycles. The normalized spacial score (nSPS) is 14.2. The van der Waals surface area contributed by atoms with Crippen molar-refractivity contribution >= 4 is 22.8 Å². The first-order valence-electron chi connectivity index (χ1n) is 8.35. The maximum Gasteiger partial charge on any atom is 0.339 e. The third-order valence-corrected chi connectivity index (χ3v) is 4.78. The Morgan fingerprint density at radius 2 is 1.88 bits per heavy atom. The standard InChI is InChI=1S/C19H21NO6/c1-10-5-14(17-11(2)12(3)18(22)26-15(17)6-10)25-9-16(21)20-7-13(8-20)19(23)24-4/h5-6,13H,7-9H2,1-4H3. The van der Waals surface area contributed by atoms with Crippen LogP contribution in [-0.2, 0) is 14.3 Å². The number of carbonyl (C=O) groups excluding carboxylic acids is 2. The summed E-state index contributed by atoms with van der Waals surface area (Å²) in [6.07, 6.45) is 0. The van der Waals surface area contributed by atoms with Crippen molar-refractivity contribution in [2.75, 3.05) is 26.8 Å². The smallest absolute Gasteiger partial charge is 0.339 e. The van der Waals surface area contributed by atoms with Gasteiger partial charge >= 0.3 is 11.6 Å². The molecule has 1 aliphatic heterocycles. The van der Waals surface area contributed by atoms with E-state index >= 15 is 0 Å². The van der Waals surface area contributed by atoms with Gasteiger partial charge in [-0.05, 0) is 44.0 Å². The number of hydrogen-bond acceptors (Lipinski definition) is 6. The molecule has 0 bridgehead atoms. The summed E-state index contributed by atoms with van der Waals surface area (Å²) in [5, 5.41) is 0.691. The number of fused-ring (bicyclic) bond motifs is 1. The number of ether oxygens (including phenoxy) is 2. The Kier molecular flexibility index (Phi) is 4.71. The Morgan fingerprint density at radius 3 is 2.54 bits per heavy atom. The van der Waals surface area contributed by atoms with Crippen LogP contribution in [0.3, 0.4) is 0 Å². The Balaban J connectivity index is 1.77. The number of aryl methyl sites for hydroxylation is 2. The molecule has 3 rings (SSSR count). The van der Waals surface area contributed by atoms with Crippen LogP contribution in [0, 0.1) is 26.7 Å². The van der Waals surface area contributed by atoms with Crippen LogP contribution in [0.1, 0.15) is 16.7 Å². The first-order chi connectivity index (χ1) is 12.3. The zero-order valence-electron chi connectivity index (χ0n) is 15.3. The number of benzene rings is 1. The Morgan fingerprint density at radius 1 is 1.19 bits per heavy atom. The molecule has 1 aromatic heterocycles. The van der Waals surface area contributed by atoms with Crippen molar-refractivity contribution in [3.8, 4) is 5.75 Å². The topological polar surface area (TPSA) is 86.1 Å². The van der Waals surface area contributed by atoms with E-state index in [0.29, 0.717) is 35.4 Å². The summed E-state index contributed by atoms with van der Waals surface area (Å²) in [5.74, 6) is -0.266. The minimum atomic E-state index is -0.378. The van der Waals surface area contributed by atoms with Gasteiger partial charge in [0.05, 0.1) is 18.4 Å². The number of rotatable bonds is 4. The van der Waals surface area contributed by atoms with Crippen molar-refractivity contribution in [1.82, 2.24) is 4.90 Å². The molecule has 0 saturated carbocycles. The minimum Gasteiger partial charge on any atom is -0.483 e. The van der Waals surface area contributed by atoms with Crippen molar-refractivity contribution in [1.29, 1.82) is 0 Å². The van der Waals surface area contributed by atoms with Crippen LogP contribution in [0.4, 0.5) is 0 Å². The van der Waals surface area contributed by atoms with Gasteiger partial charge in [0.1, 0.15) is 11.3 Å². The second kappa shape index (κ2) is 6.82. The summed E-state index contributed by atoms with van der Waals surface area (Å²) in [7, 11) is 1.33. The fraction of sp³-hybridized carbons (Fsp3) is 0.421. The minimum absolute atomic E-state index is 0.149. The number of amides is 1. The number of esters is 1. The maximum absolute atomic E-state index is 12.3. The molecular weight excluding hydrogens is 338 g/mol. The zero-order valence-corrected chi connectivity index (χ0v) is 15.3. The lowest BCUT2D eigenvalue weighted by molar-refractivity contribution is -0.156. The van der Waals surface area contributed by atoms with Gasteiger partial charge in [-0.2, -0.15) is 0 Å². The van der Waals surface area contributed by atoms with Gasteiger partial charge in [0, 0.05) is 18.7 Å². The highest BCUT2D eigenvalue weighted by atomic mass is 16.5. The molecular formula is C19H21NO6. The molecule has 2 heterocycles. The van der Waals surface area contributed by atoms with E-state index in [1.807, 2.05) is 19.9 Å². The van der Waals surface area contributed by atoms with Crippen LogP contribution in [0.5, 0.6) is 5.75 Å². The Hall–Kier alpha value is -2.83. The molecule has 26 heavy (non-hydrogen) atoms. The van der Waals surface area contributed by atoms with Crippen LogP contribution >= 0.6 is 0 Å². The van der Waals surface area contributed by atoms with Crippen LogP contribution in [0.25, 0.3) is 11.0 Å². The van der Waals surface area contributed by atoms with Crippen molar-refractivity contribution in [3.63, 3.8) is 0 Å². The third-order valence-electron chi connectivity index (χ3n) is 4.78. The van der Waals surface area contributed by atoms with Gasteiger partial charge in [-0.25, -0.2) is 4.79 Å². The van der Waals surface area contributed by atoms with Crippen LogP contribution < -0.4 is 10.4 Å². The summed E-state index contributed by atoms with van der Waals surface area (Å²) >= 11 is 0. The van der Waals surface area contributed by atoms with Crippen molar-refractivity contribution < 1.29 is 23.5 Å². The Bertz CT molecular complexity index is 939. The fourth-order valence-electron chi connectivity index (χ4n) is 3.03. The predicted octanol–water partition coefficient (Wildman–Crippen LogP) is 1.73. The summed E-state index contributed by atoms with van der Waals surface area (Å²) in [6, 6.07) is 3.59. The molecule has 7 nitrogen and oxygen atoms in total. The van der Waals surface area contributed by atoms with Crippen LogP contribution in [0.15, 0.2) is 21.3 Å². The number of nitrogens with zero attached hydrogens (tertiary/aromatic N) is 1. The molecule has 1 aliphatic rings. The summed E-state index contributed by atoms with van der Waals surface area (Å²) in [4.78, 5) is 37.1. The van der Waals surface area contributed by atoms with Crippen LogP contribution in [-0.4, -0.2) is 43.6 Å². The highest BCUT2D eigenvalue weighted by molar-refractivity contribution is 5.89. The van der Waals surface area contributed by atoms with E-state index in [0.717, 1.165) is 11.1 Å². The lowest BCUT2D eigenvalue weighted by Crippen LogP contribution is -2.54. The van der Waals surface area contributed by atoms with E-state index in [2.05, 4.69) is 4.74 Å². The van der Waals surface area contributed by atoms with Gasteiger partial charge in [-0.15, -0.1) is 0 Å². The monoisotopic (exact) mass is 359 g/mol. The number of likely N-dealkylation sites (tertiary alicyclic amines) is 1. The lowest BCUT2D eigenvalue weighted by Gasteiger charge is -2.37. The fourth-order valence-corrected chi connectivity index (χ4v) is 3.03. The van der Waals surface area contributed by atoms with Gasteiger partial charge in [0.25, 0.3) is 5.91 Å². The maximum atomic E-state index is 12.3. The first kappa shape index (κ1) is 18.0. The molecule has 138 valence electrons. The molecule has 0 unspecified atom stereocenters. The SMILES string of the molecule is COC(=O)C1CN(C(=O)COc2cc(C)cc3oc(=O)c(C)c(C)c23)C1. The summed E-state index contributed by atoms with van der Waals surface area (Å²) in [5.41, 5.74) is 2.21. The zero-order chi connectivity index (χ0) is 19.0. The lowest BCUT2D eigenvalue weighted by atomic mass is 10.0. The second-order valence-corrected chi connectivity index (χ2v) is 6.58. The van der Waals surface area contributed by atoms with E-state index in [9.17, 15) is 14.4 Å². The molecule has 1 fully saturated rings. The van der Waals surface area contributed by atoms with Gasteiger partial charge in [0.15, 0.2) is 6.61 Å². The molecule has 0 aliphatic carbocycles. The predicted molar refractivity (Wildman–Crippen MR) is 94.3 cm³/mol. The highest BCUT2D eigenvalue weighted by Gasteiger charge is 2.36. The largest absolute Gasteiger partial charge is 0.483 e. The molecule has 0 radical (unpaired) electrons. The van der Waals surface area contributed by atoms with E-state index in [1.165, 1.54) is 7.11 Å². The first-order valence-corrected chi connectivity index (χ1v) is 8.35. The molecule has 0 N–H and O–H groups in total. The average molecular weight is 359 g/mol. The van der Waals surface area contributed by atoms with Gasteiger partial charge in [0.2, 0.25) is 0 Å². The van der Waals surface area contributed by atoms with E-state index in [1.54, 1.807) is 17.9 Å². The Labute approximate surface area is 150 Å². The van der Waals surface area contributed by atoms with E-state index in [-0.39, 0.29) is 30.0 Å². The van der Waals surface area contributed by atoms with Crippen molar-refractivity contribution in [2.24, 2.45) is 5.92 Å². The average Bonchev–Trinajstić information content (AvgIpc) is 2.55. The van der Waals surface area contributed by atoms with E-state index in [4.69, 9.17) is 9.15 Å². The van der Waals surface area contributed by atoms with Gasteiger partial charge in [-0.1, -0.05) is 0 Å². The number of hydrogen-bond donors (Lipinski definition) is 0. The second-order valence-electron chi connectivity index (χ2n) is 6.58. The highest BCUT2D eigenvalue weighted by Crippen LogP contribution is 2.31. The molecule has 1 amide bonds. The number of methoxy groups -OCH3 is 1. The molecule has 0 atom stereocenters. The quantitative estimate of drug-likeness (QED) is 0.610. The van der Waals surface area contributed by atoms with Gasteiger partial charge < -0.3 is 18.8 Å². The summed E-state index contributed by atoms with van der Waals surface area (Å²) < 4.78 is 15.8. The number of carbonyl (C=O) groups is 2. The molecule has 7 heteroatoms. The molecule has 0 spiro atoms. The summed E-state index contributed by atoms with van der Waals surface area (Å²) in [6.45, 7) is 5.92. The third kappa shape index (κ3) is 3.16. The van der Waals surface area contributed by atoms with E-state index < -0.39 is 0 Å². The van der Waals surface area contributed by atoms with Crippen LogP contribution in [0.2, 0.25) is 0 Å².